The molecule has 33 heavy (non-hydrogen) atoms. The SMILES string of the molecule is CCOC(=O)CCc1cc2c(C)cc(=O)oc2c2c1OCN(Cc1ccc3c(c1)OCO3)C2. The van der Waals surface area contributed by atoms with E-state index in [2.05, 4.69) is 4.90 Å². The third kappa shape index (κ3) is 4.26. The van der Waals surface area contributed by atoms with Gasteiger partial charge in [0.15, 0.2) is 11.5 Å². The lowest BCUT2D eigenvalue weighted by Crippen LogP contribution is -2.32. The van der Waals surface area contributed by atoms with E-state index in [1.807, 2.05) is 31.2 Å². The molecule has 0 unspecified atom stereocenters. The maximum Gasteiger partial charge on any atom is 0.336 e. The predicted molar refractivity (Wildman–Crippen MR) is 119 cm³/mol. The van der Waals surface area contributed by atoms with Gasteiger partial charge in [0, 0.05) is 31.0 Å². The molecular weight excluding hydrogens is 426 g/mol. The molecule has 172 valence electrons. The molecule has 2 aliphatic rings. The lowest BCUT2D eigenvalue weighted by molar-refractivity contribution is -0.143. The first-order valence-corrected chi connectivity index (χ1v) is 11.0. The van der Waals surface area contributed by atoms with E-state index in [1.165, 1.54) is 6.07 Å². The monoisotopic (exact) mass is 451 g/mol. The maximum absolute atomic E-state index is 12.1. The van der Waals surface area contributed by atoms with Gasteiger partial charge in [0.2, 0.25) is 6.79 Å². The lowest BCUT2D eigenvalue weighted by atomic mass is 9.97. The molecule has 0 bridgehead atoms. The van der Waals surface area contributed by atoms with Crippen LogP contribution < -0.4 is 19.8 Å². The van der Waals surface area contributed by atoms with Crippen molar-refractivity contribution < 1.29 is 28.2 Å². The molecule has 0 aliphatic carbocycles. The summed E-state index contributed by atoms with van der Waals surface area (Å²) in [4.78, 5) is 26.2. The van der Waals surface area contributed by atoms with E-state index in [1.54, 1.807) is 6.92 Å². The average Bonchev–Trinajstić information content (AvgIpc) is 3.26. The fraction of sp³-hybridized carbons (Fsp3) is 0.360. The van der Waals surface area contributed by atoms with Crippen molar-refractivity contribution in [1.82, 2.24) is 4.90 Å². The van der Waals surface area contributed by atoms with Crippen LogP contribution in [0.3, 0.4) is 0 Å². The Kier molecular flexibility index (Phi) is 5.68. The van der Waals surface area contributed by atoms with Gasteiger partial charge < -0.3 is 23.4 Å². The van der Waals surface area contributed by atoms with Gasteiger partial charge in [-0.2, -0.15) is 0 Å². The van der Waals surface area contributed by atoms with Gasteiger partial charge >= 0.3 is 11.6 Å². The van der Waals surface area contributed by atoms with Gasteiger partial charge in [-0.1, -0.05) is 6.07 Å². The Bertz CT molecular complexity index is 1280. The Hall–Kier alpha value is -3.52. The molecule has 0 saturated heterocycles. The van der Waals surface area contributed by atoms with Crippen molar-refractivity contribution in [1.29, 1.82) is 0 Å². The van der Waals surface area contributed by atoms with E-state index < -0.39 is 5.63 Å². The number of ether oxygens (including phenoxy) is 4. The van der Waals surface area contributed by atoms with Crippen molar-refractivity contribution in [3.05, 3.63) is 63.0 Å². The zero-order valence-electron chi connectivity index (χ0n) is 18.6. The largest absolute Gasteiger partial charge is 0.477 e. The zero-order valence-corrected chi connectivity index (χ0v) is 18.6. The van der Waals surface area contributed by atoms with Gasteiger partial charge in [0.05, 0.1) is 12.2 Å². The molecule has 8 nitrogen and oxygen atoms in total. The number of nitrogens with zero attached hydrogens (tertiary/aromatic N) is 1. The highest BCUT2D eigenvalue weighted by molar-refractivity contribution is 5.86. The normalized spacial score (nSPS) is 14.7. The Morgan fingerprint density at radius 3 is 2.82 bits per heavy atom. The fourth-order valence-electron chi connectivity index (χ4n) is 4.36. The summed E-state index contributed by atoms with van der Waals surface area (Å²) in [6.07, 6.45) is 0.740. The van der Waals surface area contributed by atoms with Crippen molar-refractivity contribution in [3.8, 4) is 17.2 Å². The Morgan fingerprint density at radius 1 is 1.12 bits per heavy atom. The van der Waals surface area contributed by atoms with Crippen molar-refractivity contribution in [2.45, 2.75) is 39.8 Å². The second kappa shape index (κ2) is 8.78. The van der Waals surface area contributed by atoms with Crippen LogP contribution in [0.5, 0.6) is 17.2 Å². The molecule has 2 aromatic carbocycles. The van der Waals surface area contributed by atoms with Crippen molar-refractivity contribution in [3.63, 3.8) is 0 Å². The summed E-state index contributed by atoms with van der Waals surface area (Å²) >= 11 is 0. The minimum absolute atomic E-state index is 0.234. The zero-order chi connectivity index (χ0) is 22.9. The number of benzene rings is 2. The van der Waals surface area contributed by atoms with Crippen molar-refractivity contribution in [2.24, 2.45) is 0 Å². The van der Waals surface area contributed by atoms with E-state index in [9.17, 15) is 9.59 Å². The minimum Gasteiger partial charge on any atom is -0.477 e. The minimum atomic E-state index is -0.394. The molecule has 5 rings (SSSR count). The first kappa shape index (κ1) is 21.3. The first-order chi connectivity index (χ1) is 16.0. The number of fused-ring (bicyclic) bond motifs is 4. The smallest absolute Gasteiger partial charge is 0.336 e. The van der Waals surface area contributed by atoms with Crippen LogP contribution >= 0.6 is 0 Å². The number of hydrogen-bond acceptors (Lipinski definition) is 8. The summed E-state index contributed by atoms with van der Waals surface area (Å²) in [5.74, 6) is 1.91. The molecule has 3 aromatic rings. The third-order valence-electron chi connectivity index (χ3n) is 5.89. The molecule has 0 fully saturated rings. The molecule has 3 heterocycles. The number of rotatable bonds is 6. The van der Waals surface area contributed by atoms with Crippen LogP contribution in [-0.4, -0.2) is 31.0 Å². The highest BCUT2D eigenvalue weighted by atomic mass is 16.7. The molecule has 8 heteroatoms. The van der Waals surface area contributed by atoms with E-state index in [4.69, 9.17) is 23.4 Å². The van der Waals surface area contributed by atoms with Gasteiger partial charge in [-0.15, -0.1) is 0 Å². The van der Waals surface area contributed by atoms with Crippen molar-refractivity contribution in [2.75, 3.05) is 20.1 Å². The Balaban J connectivity index is 1.47. The number of aryl methyl sites for hydroxylation is 2. The van der Waals surface area contributed by atoms with E-state index >= 15 is 0 Å². The number of hydrogen-bond donors (Lipinski definition) is 0. The summed E-state index contributed by atoms with van der Waals surface area (Å²) in [5, 5.41) is 0.848. The summed E-state index contributed by atoms with van der Waals surface area (Å²) < 4.78 is 27.8. The van der Waals surface area contributed by atoms with Crippen LogP contribution in [0.25, 0.3) is 11.0 Å². The topological polar surface area (TPSA) is 87.4 Å². The first-order valence-electron chi connectivity index (χ1n) is 11.0. The van der Waals surface area contributed by atoms with Crippen LogP contribution in [0.15, 0.2) is 39.5 Å². The Morgan fingerprint density at radius 2 is 1.97 bits per heavy atom. The van der Waals surface area contributed by atoms with Crippen LogP contribution in [0, 0.1) is 6.92 Å². The Labute approximate surface area is 190 Å². The summed E-state index contributed by atoms with van der Waals surface area (Å²) in [6, 6.07) is 9.32. The molecular formula is C25H25NO7. The van der Waals surface area contributed by atoms with Crippen molar-refractivity contribution >= 4 is 16.9 Å². The summed E-state index contributed by atoms with van der Waals surface area (Å²) in [6.45, 7) is 5.80. The van der Waals surface area contributed by atoms with E-state index in [-0.39, 0.29) is 19.2 Å². The highest BCUT2D eigenvalue weighted by Crippen LogP contribution is 2.38. The quantitative estimate of drug-likeness (QED) is 0.414. The van der Waals surface area contributed by atoms with Gasteiger partial charge in [-0.3, -0.25) is 9.69 Å². The summed E-state index contributed by atoms with van der Waals surface area (Å²) in [7, 11) is 0. The fourth-order valence-corrected chi connectivity index (χ4v) is 4.36. The van der Waals surface area contributed by atoms with Crippen LogP contribution in [0.1, 0.15) is 35.6 Å². The van der Waals surface area contributed by atoms with E-state index in [0.29, 0.717) is 44.2 Å². The van der Waals surface area contributed by atoms with Crippen LogP contribution in [-0.2, 0) is 29.0 Å². The molecule has 1 aromatic heterocycles. The predicted octanol–water partition coefficient (Wildman–Crippen LogP) is 3.68. The molecule has 0 atom stereocenters. The second-order valence-corrected chi connectivity index (χ2v) is 8.22. The second-order valence-electron chi connectivity index (χ2n) is 8.22. The van der Waals surface area contributed by atoms with Gasteiger partial charge in [-0.25, -0.2) is 4.79 Å². The number of esters is 1. The van der Waals surface area contributed by atoms with Crippen LogP contribution in [0.2, 0.25) is 0 Å². The number of carbonyl (C=O) groups is 1. The average molecular weight is 451 g/mol. The maximum atomic E-state index is 12.1. The molecule has 0 N–H and O–H groups in total. The molecule has 0 radical (unpaired) electrons. The standard InChI is InChI=1S/C25H25NO7/c1-3-29-22(27)7-5-17-10-18-15(2)8-23(28)33-25(18)19-12-26(13-30-24(17)19)11-16-4-6-20-21(9-16)32-14-31-20/h4,6,8-10H,3,5,7,11-14H2,1-2H3. The van der Waals surface area contributed by atoms with E-state index in [0.717, 1.165) is 39.1 Å². The lowest BCUT2D eigenvalue weighted by Gasteiger charge is -2.31. The number of carbonyl (C=O) groups excluding carboxylic acids is 1. The van der Waals surface area contributed by atoms with Gasteiger partial charge in [0.1, 0.15) is 18.1 Å². The van der Waals surface area contributed by atoms with Gasteiger partial charge in [0.25, 0.3) is 0 Å². The molecule has 0 amide bonds. The third-order valence-corrected chi connectivity index (χ3v) is 5.89. The van der Waals surface area contributed by atoms with Crippen LogP contribution in [0.4, 0.5) is 0 Å². The summed E-state index contributed by atoms with van der Waals surface area (Å²) in [5.41, 5.74) is 3.75. The molecule has 0 spiro atoms. The molecule has 0 saturated carbocycles. The van der Waals surface area contributed by atoms with Gasteiger partial charge in [-0.05, 0) is 55.2 Å². The highest BCUT2D eigenvalue weighted by Gasteiger charge is 2.26. The molecule has 2 aliphatic heterocycles.